The summed E-state index contributed by atoms with van der Waals surface area (Å²) in [4.78, 5) is 13.9. The van der Waals surface area contributed by atoms with Gasteiger partial charge in [0.25, 0.3) is 5.92 Å². The summed E-state index contributed by atoms with van der Waals surface area (Å²) in [7, 11) is -4.09. The number of benzene rings is 2. The first-order valence-corrected chi connectivity index (χ1v) is 10.3. The number of aliphatic hydroxyl groups excluding tert-OH is 1. The van der Waals surface area contributed by atoms with E-state index in [2.05, 4.69) is 4.98 Å². The third-order valence-electron chi connectivity index (χ3n) is 4.48. The summed E-state index contributed by atoms with van der Waals surface area (Å²) in [5.41, 5.74) is -0.416. The highest BCUT2D eigenvalue weighted by molar-refractivity contribution is 7.89. The number of nitrogens with zero attached hydrogens (tertiary/aromatic N) is 1. The topological polar surface area (TPSA) is 90.5 Å². The van der Waals surface area contributed by atoms with Crippen LogP contribution in [-0.2, 0) is 22.5 Å². The van der Waals surface area contributed by atoms with Crippen LogP contribution in [0.3, 0.4) is 0 Å². The summed E-state index contributed by atoms with van der Waals surface area (Å²) in [6.45, 7) is 0.114. The molecule has 0 aliphatic heterocycles. The Morgan fingerprint density at radius 2 is 1.79 bits per heavy atom. The van der Waals surface area contributed by atoms with E-state index in [-0.39, 0.29) is 28.9 Å². The Hall–Kier alpha value is -2.62. The van der Waals surface area contributed by atoms with E-state index in [0.717, 1.165) is 22.0 Å². The van der Waals surface area contributed by atoms with Gasteiger partial charge in [0.15, 0.2) is 0 Å². The highest BCUT2D eigenvalue weighted by Gasteiger charge is 2.30. The lowest BCUT2D eigenvalue weighted by atomic mass is 10.0. The molecule has 0 fully saturated rings. The third kappa shape index (κ3) is 4.52. The number of rotatable bonds is 7. The van der Waals surface area contributed by atoms with Crippen LogP contribution < -0.4 is 5.56 Å². The average molecular weight is 422 g/mol. The van der Waals surface area contributed by atoms with Gasteiger partial charge < -0.3 is 10.1 Å². The van der Waals surface area contributed by atoms with Gasteiger partial charge in [-0.05, 0) is 23.8 Å². The quantitative estimate of drug-likeness (QED) is 0.613. The van der Waals surface area contributed by atoms with Gasteiger partial charge in [0.1, 0.15) is 0 Å². The first kappa shape index (κ1) is 21.1. The summed E-state index contributed by atoms with van der Waals surface area (Å²) >= 11 is 0. The Bertz CT molecular complexity index is 1170. The number of sulfonamides is 1. The first-order valence-electron chi connectivity index (χ1n) is 8.83. The molecule has 0 saturated heterocycles. The highest BCUT2D eigenvalue weighted by atomic mass is 32.2. The Labute approximate surface area is 166 Å². The highest BCUT2D eigenvalue weighted by Crippen LogP contribution is 2.33. The first-order chi connectivity index (χ1) is 13.6. The molecule has 9 heteroatoms. The van der Waals surface area contributed by atoms with E-state index >= 15 is 0 Å². The molecule has 0 radical (unpaired) electrons. The minimum absolute atomic E-state index is 0.0180. The molecule has 3 rings (SSSR count). The van der Waals surface area contributed by atoms with Crippen molar-refractivity contribution >= 4 is 20.9 Å². The molecule has 2 N–H and O–H groups in total. The normalized spacial score (nSPS) is 12.6. The van der Waals surface area contributed by atoms with Gasteiger partial charge in [-0.25, -0.2) is 17.2 Å². The number of halogens is 2. The van der Waals surface area contributed by atoms with Crippen molar-refractivity contribution in [1.82, 2.24) is 9.29 Å². The van der Waals surface area contributed by atoms with Crippen LogP contribution in [0.2, 0.25) is 0 Å². The number of hydrogen-bond acceptors (Lipinski definition) is 4. The van der Waals surface area contributed by atoms with Crippen LogP contribution in [0.25, 0.3) is 10.9 Å². The number of nitrogens with one attached hydrogen (secondary N) is 1. The maximum absolute atomic E-state index is 14.0. The molecular weight excluding hydrogens is 402 g/mol. The fraction of sp³-hybridized carbons (Fsp3) is 0.250. The SMILES string of the molecule is CC(F)(F)c1cc(=O)[nH]c2ccc(S(=O)(=O)N(CCO)Cc3ccccc3)cc12. The fourth-order valence-corrected chi connectivity index (χ4v) is 4.53. The number of aromatic nitrogens is 1. The second-order valence-electron chi connectivity index (χ2n) is 6.69. The molecule has 1 heterocycles. The lowest BCUT2D eigenvalue weighted by Crippen LogP contribution is -2.33. The zero-order valence-corrected chi connectivity index (χ0v) is 16.4. The van der Waals surface area contributed by atoms with Crippen molar-refractivity contribution in [3.63, 3.8) is 0 Å². The summed E-state index contributed by atoms with van der Waals surface area (Å²) < 4.78 is 55.4. The zero-order chi connectivity index (χ0) is 21.2. The van der Waals surface area contributed by atoms with Crippen LogP contribution in [-0.4, -0.2) is 36.0 Å². The van der Waals surface area contributed by atoms with E-state index in [4.69, 9.17) is 0 Å². The van der Waals surface area contributed by atoms with Crippen LogP contribution in [0.4, 0.5) is 8.78 Å². The lowest BCUT2D eigenvalue weighted by molar-refractivity contribution is 0.0189. The maximum Gasteiger partial charge on any atom is 0.271 e. The van der Waals surface area contributed by atoms with Crippen molar-refractivity contribution in [3.8, 4) is 0 Å². The van der Waals surface area contributed by atoms with Crippen molar-refractivity contribution in [2.45, 2.75) is 24.3 Å². The number of fused-ring (bicyclic) bond motifs is 1. The van der Waals surface area contributed by atoms with Crippen LogP contribution in [0, 0.1) is 0 Å². The molecule has 0 aliphatic rings. The summed E-state index contributed by atoms with van der Waals surface area (Å²) in [6.07, 6.45) is 0. The molecule has 1 aromatic heterocycles. The van der Waals surface area contributed by atoms with Crippen LogP contribution in [0.1, 0.15) is 18.1 Å². The molecular formula is C20H20F2N2O4S. The second kappa shape index (κ2) is 8.02. The van der Waals surface area contributed by atoms with E-state index in [1.807, 2.05) is 0 Å². The predicted molar refractivity (Wildman–Crippen MR) is 105 cm³/mol. The molecule has 6 nitrogen and oxygen atoms in total. The number of aromatic amines is 1. The molecule has 0 atom stereocenters. The van der Waals surface area contributed by atoms with Crippen molar-refractivity contribution in [3.05, 3.63) is 76.1 Å². The number of pyridine rings is 1. The van der Waals surface area contributed by atoms with Crippen molar-refractivity contribution in [2.75, 3.05) is 13.2 Å². The van der Waals surface area contributed by atoms with Gasteiger partial charge in [-0.15, -0.1) is 0 Å². The van der Waals surface area contributed by atoms with Gasteiger partial charge >= 0.3 is 0 Å². The van der Waals surface area contributed by atoms with E-state index in [9.17, 15) is 27.1 Å². The number of hydrogen-bond donors (Lipinski definition) is 2. The second-order valence-corrected chi connectivity index (χ2v) is 8.63. The molecule has 0 saturated carbocycles. The maximum atomic E-state index is 14.0. The van der Waals surface area contributed by atoms with Crippen LogP contribution in [0.15, 0.2) is 64.3 Å². The number of aliphatic hydroxyl groups is 1. The summed E-state index contributed by atoms with van der Waals surface area (Å²) in [5, 5.41) is 9.28. The molecule has 3 aromatic rings. The van der Waals surface area contributed by atoms with Gasteiger partial charge in [0.05, 0.1) is 11.5 Å². The van der Waals surface area contributed by atoms with Gasteiger partial charge in [0.2, 0.25) is 15.6 Å². The summed E-state index contributed by atoms with van der Waals surface area (Å²) in [6, 6.07) is 13.3. The minimum atomic E-state index is -4.09. The van der Waals surface area contributed by atoms with Crippen molar-refractivity contribution in [1.29, 1.82) is 0 Å². The Morgan fingerprint density at radius 1 is 1.10 bits per heavy atom. The molecule has 0 spiro atoms. The van der Waals surface area contributed by atoms with Crippen molar-refractivity contribution < 1.29 is 22.3 Å². The third-order valence-corrected chi connectivity index (χ3v) is 6.32. The number of alkyl halides is 2. The smallest absolute Gasteiger partial charge is 0.271 e. The van der Waals surface area contributed by atoms with Crippen LogP contribution in [0.5, 0.6) is 0 Å². The predicted octanol–water partition coefficient (Wildman–Crippen LogP) is 2.82. The zero-order valence-electron chi connectivity index (χ0n) is 15.6. The standard InChI is InChI=1S/C20H20F2N2O4S/c1-20(21,22)17-12-19(26)23-18-8-7-15(11-16(17)18)29(27,28)24(9-10-25)13-14-5-3-2-4-6-14/h2-8,11-12,25H,9-10,13H2,1H3,(H,23,26). The Kier molecular flexibility index (Phi) is 5.83. The van der Waals surface area contributed by atoms with Gasteiger partial charge in [-0.2, -0.15) is 4.31 Å². The molecule has 0 bridgehead atoms. The van der Waals surface area contributed by atoms with E-state index < -0.39 is 33.7 Å². The van der Waals surface area contributed by atoms with Gasteiger partial charge in [-0.3, -0.25) is 4.79 Å². The monoisotopic (exact) mass is 422 g/mol. The number of H-pyrrole nitrogens is 1. The Balaban J connectivity index is 2.11. The Morgan fingerprint density at radius 3 is 2.41 bits per heavy atom. The molecule has 0 aliphatic carbocycles. The molecule has 154 valence electrons. The van der Waals surface area contributed by atoms with Gasteiger partial charge in [0, 0.05) is 42.5 Å². The fourth-order valence-electron chi connectivity index (χ4n) is 3.09. The largest absolute Gasteiger partial charge is 0.395 e. The van der Waals surface area contributed by atoms with E-state index in [1.54, 1.807) is 30.3 Å². The average Bonchev–Trinajstić information content (AvgIpc) is 2.66. The lowest BCUT2D eigenvalue weighted by Gasteiger charge is -2.22. The minimum Gasteiger partial charge on any atom is -0.395 e. The molecule has 0 unspecified atom stereocenters. The van der Waals surface area contributed by atoms with Crippen LogP contribution >= 0.6 is 0 Å². The van der Waals surface area contributed by atoms with E-state index in [1.165, 1.54) is 12.1 Å². The van der Waals surface area contributed by atoms with Crippen molar-refractivity contribution in [2.24, 2.45) is 0 Å². The van der Waals surface area contributed by atoms with Gasteiger partial charge in [-0.1, -0.05) is 30.3 Å². The van der Waals surface area contributed by atoms with E-state index in [0.29, 0.717) is 6.92 Å². The molecule has 0 amide bonds. The molecule has 29 heavy (non-hydrogen) atoms. The summed E-state index contributed by atoms with van der Waals surface area (Å²) in [5.74, 6) is -3.33. The molecule has 2 aromatic carbocycles.